The molecule has 0 aliphatic rings. The Morgan fingerprint density at radius 3 is 2.53 bits per heavy atom. The molecule has 0 fully saturated rings. The highest BCUT2D eigenvalue weighted by atomic mass is 16.5. The van der Waals surface area contributed by atoms with Crippen LogP contribution in [0, 0.1) is 6.92 Å². The minimum atomic E-state index is -0.189. The van der Waals surface area contributed by atoms with Gasteiger partial charge in [-0.25, -0.2) is 0 Å². The molecule has 0 heterocycles. The van der Waals surface area contributed by atoms with Crippen molar-refractivity contribution in [3.63, 3.8) is 0 Å². The van der Waals surface area contributed by atoms with E-state index >= 15 is 0 Å². The Morgan fingerprint density at radius 2 is 2.00 bits per heavy atom. The van der Waals surface area contributed by atoms with Crippen LogP contribution in [0.2, 0.25) is 0 Å². The van der Waals surface area contributed by atoms with Crippen LogP contribution < -0.4 is 5.46 Å². The predicted octanol–water partition coefficient (Wildman–Crippen LogP) is 2.19. The van der Waals surface area contributed by atoms with E-state index in [1.807, 2.05) is 45.9 Å². The molecule has 1 aromatic rings. The molecule has 1 rings (SSSR count). The average molecular weight is 231 g/mol. The van der Waals surface area contributed by atoms with E-state index in [0.717, 1.165) is 16.6 Å². The third kappa shape index (κ3) is 5.18. The first-order valence-corrected chi connectivity index (χ1v) is 5.88. The maximum Gasteiger partial charge on any atom is 0.330 e. The Morgan fingerprint density at radius 1 is 1.35 bits per heavy atom. The maximum absolute atomic E-state index is 11.2. The number of Topliss-reactive ketones (excluding diaryl/α,β-unsaturated/α-hetero) is 1. The van der Waals surface area contributed by atoms with E-state index in [4.69, 9.17) is 4.65 Å². The van der Waals surface area contributed by atoms with E-state index in [1.54, 1.807) is 14.4 Å². The molecule has 0 atom stereocenters. The average Bonchev–Trinajstić information content (AvgIpc) is 2.17. The summed E-state index contributed by atoms with van der Waals surface area (Å²) in [5, 5.41) is 0. The van der Waals surface area contributed by atoms with E-state index in [2.05, 4.69) is 0 Å². The number of carbonyl (C=O) groups is 1. The number of benzene rings is 1. The first kappa shape index (κ1) is 14.0. The second kappa shape index (κ2) is 5.50. The second-order valence-corrected chi connectivity index (χ2v) is 5.41. The fraction of sp³-hybridized carbons (Fsp3) is 0.500. The van der Waals surface area contributed by atoms with Crippen molar-refractivity contribution < 1.29 is 9.45 Å². The van der Waals surface area contributed by atoms with Gasteiger partial charge in [0.05, 0.1) is 0 Å². The van der Waals surface area contributed by atoms with Crippen LogP contribution in [0.4, 0.5) is 0 Å². The summed E-state index contributed by atoms with van der Waals surface area (Å²) in [5.41, 5.74) is 3.03. The van der Waals surface area contributed by atoms with E-state index in [-0.39, 0.29) is 11.4 Å². The van der Waals surface area contributed by atoms with Crippen LogP contribution in [0.5, 0.6) is 0 Å². The molecule has 0 saturated heterocycles. The number of ketones is 1. The Hall–Kier alpha value is -1.09. The van der Waals surface area contributed by atoms with Gasteiger partial charge in [0.2, 0.25) is 0 Å². The maximum atomic E-state index is 11.2. The molecule has 0 aromatic heterocycles. The second-order valence-electron chi connectivity index (χ2n) is 5.41. The molecule has 2 nitrogen and oxygen atoms in total. The fourth-order valence-electron chi connectivity index (χ4n) is 1.47. The Balaban J connectivity index is 2.78. The number of hydrogen-bond acceptors (Lipinski definition) is 2. The van der Waals surface area contributed by atoms with Gasteiger partial charge < -0.3 is 4.65 Å². The van der Waals surface area contributed by atoms with Gasteiger partial charge in [0.15, 0.2) is 0 Å². The third-order valence-electron chi connectivity index (χ3n) is 2.36. The van der Waals surface area contributed by atoms with E-state index in [9.17, 15) is 4.79 Å². The largest absolute Gasteiger partial charge is 0.430 e. The van der Waals surface area contributed by atoms with Gasteiger partial charge in [-0.15, -0.1) is 0 Å². The number of aryl methyl sites for hydroxylation is 1. The molecule has 1 radical (unpaired) electrons. The van der Waals surface area contributed by atoms with Crippen molar-refractivity contribution in [2.24, 2.45) is 0 Å². The minimum absolute atomic E-state index is 0.182. The number of rotatable bonds is 4. The lowest BCUT2D eigenvalue weighted by Gasteiger charge is -2.19. The molecule has 1 aromatic carbocycles. The minimum Gasteiger partial charge on any atom is -0.430 e. The van der Waals surface area contributed by atoms with Gasteiger partial charge in [-0.2, -0.15) is 0 Å². The number of carbonyl (C=O) groups excluding carboxylic acids is 1. The molecular weight excluding hydrogens is 211 g/mol. The Kier molecular flexibility index (Phi) is 4.52. The molecule has 0 N–H and O–H groups in total. The summed E-state index contributed by atoms with van der Waals surface area (Å²) in [6.45, 7) is 9.66. The summed E-state index contributed by atoms with van der Waals surface area (Å²) in [4.78, 5) is 11.2. The van der Waals surface area contributed by atoms with Crippen molar-refractivity contribution in [2.45, 2.75) is 46.6 Å². The fourth-order valence-corrected chi connectivity index (χ4v) is 1.47. The van der Waals surface area contributed by atoms with Crippen LogP contribution in [-0.4, -0.2) is 18.9 Å². The Labute approximate surface area is 105 Å². The van der Waals surface area contributed by atoms with Gasteiger partial charge in [0, 0.05) is 12.0 Å². The highest BCUT2D eigenvalue weighted by Gasteiger charge is 2.12. The molecule has 0 spiro atoms. The molecule has 0 unspecified atom stereocenters. The first-order valence-electron chi connectivity index (χ1n) is 5.88. The topological polar surface area (TPSA) is 26.3 Å². The number of hydrogen-bond donors (Lipinski definition) is 0. The van der Waals surface area contributed by atoms with Gasteiger partial charge >= 0.3 is 7.48 Å². The zero-order valence-electron chi connectivity index (χ0n) is 11.3. The van der Waals surface area contributed by atoms with Crippen LogP contribution in [0.25, 0.3) is 0 Å². The van der Waals surface area contributed by atoms with Crippen molar-refractivity contribution in [3.8, 4) is 0 Å². The quantitative estimate of drug-likeness (QED) is 0.742. The molecular formula is C14H20BO2. The molecule has 0 amide bonds. The van der Waals surface area contributed by atoms with E-state index in [1.165, 1.54) is 0 Å². The van der Waals surface area contributed by atoms with Crippen LogP contribution in [0.15, 0.2) is 18.2 Å². The smallest absolute Gasteiger partial charge is 0.330 e. The highest BCUT2D eigenvalue weighted by Crippen LogP contribution is 2.08. The van der Waals surface area contributed by atoms with Gasteiger partial charge in [-0.1, -0.05) is 23.7 Å². The Bertz CT molecular complexity index is 405. The molecule has 0 bridgehead atoms. The normalized spacial score (nSPS) is 11.4. The summed E-state index contributed by atoms with van der Waals surface area (Å²) >= 11 is 0. The van der Waals surface area contributed by atoms with Gasteiger partial charge in [-0.3, -0.25) is 4.79 Å². The van der Waals surface area contributed by atoms with Gasteiger partial charge in [-0.05, 0) is 45.7 Å². The summed E-state index contributed by atoms with van der Waals surface area (Å²) in [7, 11) is 1.75. The van der Waals surface area contributed by atoms with Crippen LogP contribution in [0.3, 0.4) is 0 Å². The molecule has 17 heavy (non-hydrogen) atoms. The molecule has 0 saturated carbocycles. The van der Waals surface area contributed by atoms with Crippen molar-refractivity contribution in [2.75, 3.05) is 0 Å². The summed E-state index contributed by atoms with van der Waals surface area (Å²) in [5.74, 6) is 0.182. The van der Waals surface area contributed by atoms with Crippen LogP contribution in [-0.2, 0) is 15.9 Å². The zero-order chi connectivity index (χ0) is 13.1. The van der Waals surface area contributed by atoms with Crippen molar-refractivity contribution >= 4 is 18.7 Å². The van der Waals surface area contributed by atoms with Crippen LogP contribution in [0.1, 0.15) is 38.8 Å². The van der Waals surface area contributed by atoms with E-state index < -0.39 is 0 Å². The molecule has 0 aliphatic carbocycles. The van der Waals surface area contributed by atoms with Crippen LogP contribution >= 0.6 is 0 Å². The summed E-state index contributed by atoms with van der Waals surface area (Å²) in [6.07, 6.45) is 0.489. The molecule has 3 heteroatoms. The summed E-state index contributed by atoms with van der Waals surface area (Å²) in [6, 6.07) is 6.04. The SMILES string of the molecule is CC(=O)Cc1cc([B]OC(C)(C)C)ccc1C. The highest BCUT2D eigenvalue weighted by molar-refractivity contribution is 6.47. The third-order valence-corrected chi connectivity index (χ3v) is 2.36. The predicted molar refractivity (Wildman–Crippen MR) is 71.8 cm³/mol. The first-order chi connectivity index (χ1) is 7.78. The van der Waals surface area contributed by atoms with Crippen molar-refractivity contribution in [1.29, 1.82) is 0 Å². The lowest BCUT2D eigenvalue weighted by atomic mass is 9.84. The van der Waals surface area contributed by atoms with Gasteiger partial charge in [0.25, 0.3) is 0 Å². The van der Waals surface area contributed by atoms with Crippen molar-refractivity contribution in [3.05, 3.63) is 29.3 Å². The molecule has 91 valence electrons. The lowest BCUT2D eigenvalue weighted by Crippen LogP contribution is -2.29. The zero-order valence-corrected chi connectivity index (χ0v) is 11.3. The molecule has 0 aliphatic heterocycles. The van der Waals surface area contributed by atoms with Gasteiger partial charge in [0.1, 0.15) is 5.78 Å². The summed E-state index contributed by atoms with van der Waals surface area (Å²) < 4.78 is 5.61. The standard InChI is InChI=1S/C14H20BO2/c1-10-6-7-13(15-17-14(3,4)5)9-12(10)8-11(2)16/h6-7,9H,8H2,1-5H3. The monoisotopic (exact) mass is 231 g/mol. The lowest BCUT2D eigenvalue weighted by molar-refractivity contribution is -0.116. The van der Waals surface area contributed by atoms with Crippen molar-refractivity contribution in [1.82, 2.24) is 0 Å². The van der Waals surface area contributed by atoms with E-state index in [0.29, 0.717) is 6.42 Å².